The van der Waals surface area contributed by atoms with Crippen LogP contribution in [0.2, 0.25) is 0 Å². The number of pyridine rings is 1. The zero-order valence-corrected chi connectivity index (χ0v) is 9.89. The van der Waals surface area contributed by atoms with Gasteiger partial charge in [0.05, 0.1) is 0 Å². The molecule has 1 heterocycles. The van der Waals surface area contributed by atoms with Gasteiger partial charge in [0.25, 0.3) is 0 Å². The number of aliphatic hydroxyl groups is 1. The van der Waals surface area contributed by atoms with Gasteiger partial charge < -0.3 is 5.11 Å². The standard InChI is InChI=1S/C13H19NO2/c1-3-11(4-2)13(16)12(15)8-10-6-5-7-14-9-10/h5-7,9,11,13,16H,3-4,8H2,1-2H3. The van der Waals surface area contributed by atoms with Gasteiger partial charge >= 0.3 is 0 Å². The van der Waals surface area contributed by atoms with Crippen molar-refractivity contribution in [1.82, 2.24) is 4.98 Å². The summed E-state index contributed by atoms with van der Waals surface area (Å²) in [6.45, 7) is 3.99. The van der Waals surface area contributed by atoms with E-state index >= 15 is 0 Å². The predicted molar refractivity (Wildman–Crippen MR) is 63.0 cm³/mol. The minimum absolute atomic E-state index is 0.0733. The number of hydrogen-bond acceptors (Lipinski definition) is 3. The van der Waals surface area contributed by atoms with Crippen molar-refractivity contribution in [3.05, 3.63) is 30.1 Å². The molecule has 0 aliphatic rings. The molecule has 1 N–H and O–H groups in total. The Bertz CT molecular complexity index is 320. The van der Waals surface area contributed by atoms with Crippen LogP contribution in [-0.2, 0) is 11.2 Å². The summed E-state index contributed by atoms with van der Waals surface area (Å²) in [5, 5.41) is 9.87. The highest BCUT2D eigenvalue weighted by atomic mass is 16.3. The fraction of sp³-hybridized carbons (Fsp3) is 0.538. The van der Waals surface area contributed by atoms with Crippen LogP contribution >= 0.6 is 0 Å². The van der Waals surface area contributed by atoms with E-state index in [1.165, 1.54) is 0 Å². The van der Waals surface area contributed by atoms with E-state index in [2.05, 4.69) is 4.98 Å². The zero-order chi connectivity index (χ0) is 12.0. The Morgan fingerprint density at radius 3 is 2.62 bits per heavy atom. The van der Waals surface area contributed by atoms with Gasteiger partial charge in [0.1, 0.15) is 6.10 Å². The first-order chi connectivity index (χ1) is 7.69. The minimum Gasteiger partial charge on any atom is -0.385 e. The van der Waals surface area contributed by atoms with Crippen LogP contribution in [0, 0.1) is 5.92 Å². The Morgan fingerprint density at radius 2 is 2.12 bits per heavy atom. The summed E-state index contributed by atoms with van der Waals surface area (Å²) in [4.78, 5) is 15.7. The van der Waals surface area contributed by atoms with Gasteiger partial charge in [0.2, 0.25) is 0 Å². The molecule has 0 spiro atoms. The quantitative estimate of drug-likeness (QED) is 0.799. The second-order valence-corrected chi connectivity index (χ2v) is 4.03. The van der Waals surface area contributed by atoms with Crippen LogP contribution in [0.4, 0.5) is 0 Å². The van der Waals surface area contributed by atoms with E-state index < -0.39 is 6.10 Å². The zero-order valence-electron chi connectivity index (χ0n) is 9.89. The minimum atomic E-state index is -0.838. The first-order valence-corrected chi connectivity index (χ1v) is 5.78. The summed E-state index contributed by atoms with van der Waals surface area (Å²) in [5.41, 5.74) is 0.859. The van der Waals surface area contributed by atoms with Crippen molar-refractivity contribution in [2.75, 3.05) is 0 Å². The molecule has 0 radical (unpaired) electrons. The highest BCUT2D eigenvalue weighted by Crippen LogP contribution is 2.15. The summed E-state index contributed by atoms with van der Waals surface area (Å²) in [7, 11) is 0. The number of ketones is 1. The molecule has 1 aromatic rings. The van der Waals surface area contributed by atoms with Crippen molar-refractivity contribution >= 4 is 5.78 Å². The number of carbonyl (C=O) groups excluding carboxylic acids is 1. The van der Waals surface area contributed by atoms with Crippen molar-refractivity contribution in [3.8, 4) is 0 Å². The Kier molecular flexibility index (Phi) is 5.12. The van der Waals surface area contributed by atoms with Crippen LogP contribution in [0.15, 0.2) is 24.5 Å². The van der Waals surface area contributed by atoms with E-state index in [1.807, 2.05) is 19.9 Å². The van der Waals surface area contributed by atoms with Gasteiger partial charge in [0, 0.05) is 18.8 Å². The molecule has 0 saturated carbocycles. The molecule has 3 nitrogen and oxygen atoms in total. The number of rotatable bonds is 6. The average molecular weight is 221 g/mol. The van der Waals surface area contributed by atoms with Crippen molar-refractivity contribution in [3.63, 3.8) is 0 Å². The van der Waals surface area contributed by atoms with E-state index in [4.69, 9.17) is 0 Å². The van der Waals surface area contributed by atoms with Gasteiger partial charge in [-0.1, -0.05) is 32.8 Å². The molecule has 88 valence electrons. The Morgan fingerprint density at radius 1 is 1.44 bits per heavy atom. The van der Waals surface area contributed by atoms with Gasteiger partial charge in [-0.2, -0.15) is 0 Å². The van der Waals surface area contributed by atoms with Crippen LogP contribution in [-0.4, -0.2) is 22.0 Å². The highest BCUT2D eigenvalue weighted by molar-refractivity contribution is 5.85. The van der Waals surface area contributed by atoms with E-state index in [1.54, 1.807) is 18.5 Å². The monoisotopic (exact) mass is 221 g/mol. The second-order valence-electron chi connectivity index (χ2n) is 4.03. The van der Waals surface area contributed by atoms with Crippen molar-refractivity contribution in [2.24, 2.45) is 5.92 Å². The van der Waals surface area contributed by atoms with Crippen molar-refractivity contribution in [1.29, 1.82) is 0 Å². The third-order valence-corrected chi connectivity index (χ3v) is 2.93. The number of Topliss-reactive ketones (excluding diaryl/α,β-unsaturated/α-hetero) is 1. The lowest BCUT2D eigenvalue weighted by Gasteiger charge is -2.18. The second kappa shape index (κ2) is 6.38. The topological polar surface area (TPSA) is 50.2 Å². The summed E-state index contributed by atoms with van der Waals surface area (Å²) in [6.07, 6.45) is 4.43. The molecule has 1 unspecified atom stereocenters. The van der Waals surface area contributed by atoms with Crippen LogP contribution in [0.5, 0.6) is 0 Å². The van der Waals surface area contributed by atoms with Crippen molar-refractivity contribution < 1.29 is 9.90 Å². The molecule has 16 heavy (non-hydrogen) atoms. The average Bonchev–Trinajstić information content (AvgIpc) is 2.31. The van der Waals surface area contributed by atoms with E-state index in [0.29, 0.717) is 0 Å². The number of hydrogen-bond donors (Lipinski definition) is 1. The molecular weight excluding hydrogens is 202 g/mol. The summed E-state index contributed by atoms with van der Waals surface area (Å²) < 4.78 is 0. The molecule has 0 aromatic carbocycles. The van der Waals surface area contributed by atoms with Crippen molar-refractivity contribution in [2.45, 2.75) is 39.2 Å². The maximum absolute atomic E-state index is 11.8. The molecule has 0 aliphatic heterocycles. The molecule has 3 heteroatoms. The molecule has 0 amide bonds. The Balaban J connectivity index is 2.58. The highest BCUT2D eigenvalue weighted by Gasteiger charge is 2.22. The van der Waals surface area contributed by atoms with Crippen LogP contribution in [0.25, 0.3) is 0 Å². The van der Waals surface area contributed by atoms with Gasteiger partial charge in [-0.3, -0.25) is 9.78 Å². The summed E-state index contributed by atoms with van der Waals surface area (Å²) in [5.74, 6) is -0.0362. The summed E-state index contributed by atoms with van der Waals surface area (Å²) in [6, 6.07) is 3.65. The maximum atomic E-state index is 11.8. The van der Waals surface area contributed by atoms with Crippen LogP contribution < -0.4 is 0 Å². The molecule has 1 rings (SSSR count). The predicted octanol–water partition coefficient (Wildman–Crippen LogP) is 1.99. The van der Waals surface area contributed by atoms with Crippen LogP contribution in [0.3, 0.4) is 0 Å². The number of aliphatic hydroxyl groups excluding tert-OH is 1. The molecule has 1 atom stereocenters. The summed E-state index contributed by atoms with van der Waals surface area (Å²) >= 11 is 0. The van der Waals surface area contributed by atoms with E-state index in [0.717, 1.165) is 18.4 Å². The first-order valence-electron chi connectivity index (χ1n) is 5.78. The lowest BCUT2D eigenvalue weighted by Crippen LogP contribution is -2.30. The SMILES string of the molecule is CCC(CC)C(O)C(=O)Cc1cccnc1. The van der Waals surface area contributed by atoms with Gasteiger partial charge in [0.15, 0.2) is 5.78 Å². The maximum Gasteiger partial charge on any atom is 0.165 e. The fourth-order valence-electron chi connectivity index (χ4n) is 1.81. The van der Waals surface area contributed by atoms with E-state index in [-0.39, 0.29) is 18.1 Å². The number of aromatic nitrogens is 1. The van der Waals surface area contributed by atoms with E-state index in [9.17, 15) is 9.90 Å². The smallest absolute Gasteiger partial charge is 0.165 e. The van der Waals surface area contributed by atoms with Gasteiger partial charge in [-0.25, -0.2) is 0 Å². The fourth-order valence-corrected chi connectivity index (χ4v) is 1.81. The van der Waals surface area contributed by atoms with Gasteiger partial charge in [-0.05, 0) is 17.5 Å². The molecule has 1 aromatic heterocycles. The number of carbonyl (C=O) groups is 1. The molecule has 0 bridgehead atoms. The molecular formula is C13H19NO2. The van der Waals surface area contributed by atoms with Gasteiger partial charge in [-0.15, -0.1) is 0 Å². The number of nitrogens with zero attached hydrogens (tertiary/aromatic N) is 1. The normalized spacial score (nSPS) is 12.8. The molecule has 0 fully saturated rings. The lowest BCUT2D eigenvalue weighted by atomic mass is 9.91. The Labute approximate surface area is 96.5 Å². The molecule has 0 aliphatic carbocycles. The third kappa shape index (κ3) is 3.42. The Hall–Kier alpha value is -1.22. The first kappa shape index (κ1) is 12.8. The van der Waals surface area contributed by atoms with Crippen LogP contribution in [0.1, 0.15) is 32.3 Å². The largest absolute Gasteiger partial charge is 0.385 e. The third-order valence-electron chi connectivity index (χ3n) is 2.93. The molecule has 0 saturated heterocycles. The lowest BCUT2D eigenvalue weighted by molar-refractivity contribution is -0.129.